The fourth-order valence-corrected chi connectivity index (χ4v) is 2.73. The average Bonchev–Trinajstić information content (AvgIpc) is 2.94. The van der Waals surface area contributed by atoms with Crippen LogP contribution in [0.15, 0.2) is 30.5 Å². The van der Waals surface area contributed by atoms with Crippen LogP contribution < -0.4 is 15.4 Å². The first-order chi connectivity index (χ1) is 11.9. The molecular weight excluding hydrogens is 346 g/mol. The Hall–Kier alpha value is -2.92. The summed E-state index contributed by atoms with van der Waals surface area (Å²) in [5.74, 6) is 1.12. The molecule has 3 aromatic rings. The first-order valence-electron chi connectivity index (χ1n) is 7.31. The van der Waals surface area contributed by atoms with Crippen molar-refractivity contribution in [2.45, 2.75) is 6.54 Å². The van der Waals surface area contributed by atoms with Gasteiger partial charge in [-0.3, -0.25) is 14.0 Å². The van der Waals surface area contributed by atoms with Crippen molar-refractivity contribution >= 4 is 38.8 Å². The summed E-state index contributed by atoms with van der Waals surface area (Å²) in [7, 11) is -0.730. The van der Waals surface area contributed by atoms with E-state index in [0.29, 0.717) is 24.0 Å². The lowest BCUT2D eigenvalue weighted by molar-refractivity contribution is 0.489. The molecule has 0 amide bonds. The fourth-order valence-electron chi connectivity index (χ4n) is 2.29. The number of aromatic nitrogens is 4. The van der Waals surface area contributed by atoms with Crippen LogP contribution in [0.2, 0.25) is 0 Å². The number of nitrogens with one attached hydrogen (secondary N) is 3. The van der Waals surface area contributed by atoms with E-state index in [1.807, 2.05) is 4.72 Å². The summed E-state index contributed by atoms with van der Waals surface area (Å²) in [5, 5.41) is 11.1. The van der Waals surface area contributed by atoms with Crippen LogP contribution in [0.25, 0.3) is 11.0 Å². The van der Waals surface area contributed by atoms with Crippen LogP contribution in [0.5, 0.6) is 0 Å². The quantitative estimate of drug-likeness (QED) is 0.481. The Kier molecular flexibility index (Phi) is 4.42. The SMILES string of the molecule is CNc1nc(NCc2ccc(NS(=O)(=O)O)cc2)c2cnn(C)c2n1. The van der Waals surface area contributed by atoms with E-state index >= 15 is 0 Å². The number of hydrogen-bond donors (Lipinski definition) is 4. The van der Waals surface area contributed by atoms with Gasteiger partial charge in [-0.2, -0.15) is 23.5 Å². The Balaban J connectivity index is 1.78. The zero-order valence-electron chi connectivity index (χ0n) is 13.6. The van der Waals surface area contributed by atoms with Gasteiger partial charge in [0.2, 0.25) is 5.95 Å². The molecule has 2 aromatic heterocycles. The number of aryl methyl sites for hydroxylation is 1. The molecule has 0 unspecified atom stereocenters. The maximum Gasteiger partial charge on any atom is 0.357 e. The van der Waals surface area contributed by atoms with Crippen LogP contribution >= 0.6 is 0 Å². The summed E-state index contributed by atoms with van der Waals surface area (Å²) in [5.41, 5.74) is 1.89. The van der Waals surface area contributed by atoms with Crippen molar-refractivity contribution < 1.29 is 13.0 Å². The summed E-state index contributed by atoms with van der Waals surface area (Å²) in [4.78, 5) is 8.77. The van der Waals surface area contributed by atoms with Crippen molar-refractivity contribution in [1.82, 2.24) is 19.7 Å². The molecule has 0 atom stereocenters. The molecule has 0 aliphatic heterocycles. The van der Waals surface area contributed by atoms with Gasteiger partial charge in [0.1, 0.15) is 5.82 Å². The molecule has 4 N–H and O–H groups in total. The van der Waals surface area contributed by atoms with Crippen LogP contribution in [0.3, 0.4) is 0 Å². The highest BCUT2D eigenvalue weighted by Gasteiger charge is 2.11. The second-order valence-corrected chi connectivity index (χ2v) is 6.43. The molecule has 11 heteroatoms. The molecule has 0 radical (unpaired) electrons. The molecule has 0 fully saturated rings. The molecule has 0 saturated heterocycles. The molecule has 3 rings (SSSR count). The minimum absolute atomic E-state index is 0.278. The smallest absolute Gasteiger partial charge is 0.357 e. The van der Waals surface area contributed by atoms with E-state index in [1.54, 1.807) is 49.2 Å². The molecule has 2 heterocycles. The minimum Gasteiger partial charge on any atom is -0.365 e. The van der Waals surface area contributed by atoms with E-state index in [4.69, 9.17) is 4.55 Å². The Morgan fingerprint density at radius 1 is 1.20 bits per heavy atom. The Labute approximate surface area is 144 Å². The van der Waals surface area contributed by atoms with Crippen LogP contribution in [-0.4, -0.2) is 39.8 Å². The number of nitrogens with zero attached hydrogens (tertiary/aromatic N) is 4. The molecule has 0 aliphatic rings. The standard InChI is InChI=1S/C14H17N7O3S/c1-15-14-18-12(11-8-17-21(2)13(11)19-14)16-7-9-3-5-10(6-4-9)20-25(22,23)24/h3-6,8,20H,7H2,1-2H3,(H,22,23,24)(H2,15,16,18,19). The Morgan fingerprint density at radius 2 is 1.92 bits per heavy atom. The van der Waals surface area contributed by atoms with Gasteiger partial charge in [0.15, 0.2) is 5.65 Å². The molecule has 0 aliphatic carbocycles. The van der Waals surface area contributed by atoms with Crippen LogP contribution in [0, 0.1) is 0 Å². The van der Waals surface area contributed by atoms with E-state index in [-0.39, 0.29) is 5.69 Å². The Bertz CT molecular complexity index is 999. The molecule has 25 heavy (non-hydrogen) atoms. The van der Waals surface area contributed by atoms with Gasteiger partial charge in [-0.1, -0.05) is 12.1 Å². The highest BCUT2D eigenvalue weighted by molar-refractivity contribution is 7.87. The number of rotatable bonds is 6. The van der Waals surface area contributed by atoms with Gasteiger partial charge in [0.05, 0.1) is 17.3 Å². The van der Waals surface area contributed by atoms with Gasteiger partial charge in [-0.25, -0.2) is 0 Å². The normalized spacial score (nSPS) is 11.5. The zero-order valence-corrected chi connectivity index (χ0v) is 14.4. The number of benzene rings is 1. The van der Waals surface area contributed by atoms with E-state index in [9.17, 15) is 8.42 Å². The first kappa shape index (κ1) is 16.9. The van der Waals surface area contributed by atoms with Crippen molar-refractivity contribution in [3.8, 4) is 0 Å². The van der Waals surface area contributed by atoms with E-state index < -0.39 is 10.3 Å². The monoisotopic (exact) mass is 363 g/mol. The summed E-state index contributed by atoms with van der Waals surface area (Å²) < 4.78 is 34.0. The van der Waals surface area contributed by atoms with Gasteiger partial charge in [0, 0.05) is 20.6 Å². The van der Waals surface area contributed by atoms with E-state index in [0.717, 1.165) is 10.9 Å². The lowest BCUT2D eigenvalue weighted by atomic mass is 10.2. The number of hydrogen-bond acceptors (Lipinski definition) is 7. The van der Waals surface area contributed by atoms with E-state index in [1.165, 1.54) is 0 Å². The van der Waals surface area contributed by atoms with Gasteiger partial charge in [-0.15, -0.1) is 0 Å². The van der Waals surface area contributed by atoms with Gasteiger partial charge in [-0.05, 0) is 17.7 Å². The summed E-state index contributed by atoms with van der Waals surface area (Å²) in [6.45, 7) is 0.469. The third-order valence-electron chi connectivity index (χ3n) is 3.48. The molecule has 0 saturated carbocycles. The van der Waals surface area contributed by atoms with Crippen molar-refractivity contribution in [1.29, 1.82) is 0 Å². The lowest BCUT2D eigenvalue weighted by Gasteiger charge is -2.09. The molecule has 0 spiro atoms. The first-order valence-corrected chi connectivity index (χ1v) is 8.75. The maximum atomic E-state index is 10.8. The van der Waals surface area contributed by atoms with Crippen molar-refractivity contribution in [2.75, 3.05) is 22.4 Å². The van der Waals surface area contributed by atoms with Crippen molar-refractivity contribution in [2.24, 2.45) is 7.05 Å². The number of anilines is 3. The minimum atomic E-state index is -4.27. The Morgan fingerprint density at radius 3 is 2.56 bits per heavy atom. The van der Waals surface area contributed by atoms with Gasteiger partial charge < -0.3 is 10.6 Å². The third kappa shape index (κ3) is 3.95. The third-order valence-corrected chi connectivity index (χ3v) is 3.97. The van der Waals surface area contributed by atoms with Gasteiger partial charge in [0.25, 0.3) is 0 Å². The average molecular weight is 363 g/mol. The van der Waals surface area contributed by atoms with Crippen LogP contribution in [0.4, 0.5) is 17.5 Å². The highest BCUT2D eigenvalue weighted by Crippen LogP contribution is 2.22. The van der Waals surface area contributed by atoms with Gasteiger partial charge >= 0.3 is 10.3 Å². The lowest BCUT2D eigenvalue weighted by Crippen LogP contribution is -2.10. The zero-order chi connectivity index (χ0) is 18.0. The van der Waals surface area contributed by atoms with Crippen molar-refractivity contribution in [3.05, 3.63) is 36.0 Å². The predicted molar refractivity (Wildman–Crippen MR) is 94.8 cm³/mol. The molecule has 0 bridgehead atoms. The predicted octanol–water partition coefficient (Wildman–Crippen LogP) is 1.23. The van der Waals surface area contributed by atoms with Crippen LogP contribution in [0.1, 0.15) is 5.56 Å². The maximum absolute atomic E-state index is 10.8. The van der Waals surface area contributed by atoms with Crippen LogP contribution in [-0.2, 0) is 23.9 Å². The fraction of sp³-hybridized carbons (Fsp3) is 0.214. The molecular formula is C14H17N7O3S. The molecule has 10 nitrogen and oxygen atoms in total. The van der Waals surface area contributed by atoms with E-state index in [2.05, 4.69) is 25.7 Å². The van der Waals surface area contributed by atoms with Crippen molar-refractivity contribution in [3.63, 3.8) is 0 Å². The highest BCUT2D eigenvalue weighted by atomic mass is 32.2. The summed E-state index contributed by atoms with van der Waals surface area (Å²) in [6, 6.07) is 6.59. The largest absolute Gasteiger partial charge is 0.365 e. The summed E-state index contributed by atoms with van der Waals surface area (Å²) in [6.07, 6.45) is 1.69. The second kappa shape index (κ2) is 6.53. The second-order valence-electron chi connectivity index (χ2n) is 5.28. The summed E-state index contributed by atoms with van der Waals surface area (Å²) >= 11 is 0. The molecule has 1 aromatic carbocycles. The molecule has 132 valence electrons. The number of fused-ring (bicyclic) bond motifs is 1. The topological polar surface area (TPSA) is 134 Å².